The Kier molecular flexibility index (Phi) is 2.72. The minimum atomic E-state index is -3.01. The summed E-state index contributed by atoms with van der Waals surface area (Å²) in [6, 6.07) is 2.60. The normalized spacial score (nSPS) is 9.86. The van der Waals surface area contributed by atoms with Crippen molar-refractivity contribution in [2.45, 2.75) is 6.43 Å². The molecule has 0 bridgehead atoms. The molecule has 0 fully saturated rings. The van der Waals surface area contributed by atoms with E-state index in [1.807, 2.05) is 0 Å². The molecule has 0 atom stereocenters. The number of carbonyl (C=O) groups is 1. The van der Waals surface area contributed by atoms with Crippen molar-refractivity contribution in [1.82, 2.24) is 4.98 Å². The van der Waals surface area contributed by atoms with Crippen molar-refractivity contribution >= 4 is 5.97 Å². The topological polar surface area (TPSA) is 74.0 Å². The number of nitriles is 1. The van der Waals surface area contributed by atoms with Gasteiger partial charge in [0.05, 0.1) is 5.56 Å². The Labute approximate surface area is 77.4 Å². The summed E-state index contributed by atoms with van der Waals surface area (Å²) in [5.41, 5.74) is -1.93. The van der Waals surface area contributed by atoms with E-state index in [-0.39, 0.29) is 5.56 Å². The zero-order valence-electron chi connectivity index (χ0n) is 6.74. The summed E-state index contributed by atoms with van der Waals surface area (Å²) in [7, 11) is 0. The van der Waals surface area contributed by atoms with Gasteiger partial charge in [-0.05, 0) is 6.07 Å². The summed E-state index contributed by atoms with van der Waals surface area (Å²) in [6.45, 7) is 0. The Balaban J connectivity index is 3.45. The smallest absolute Gasteiger partial charge is 0.339 e. The van der Waals surface area contributed by atoms with Crippen molar-refractivity contribution < 1.29 is 18.7 Å². The number of aromatic carboxylic acids is 1. The Morgan fingerprint density at radius 3 is 2.71 bits per heavy atom. The van der Waals surface area contributed by atoms with Gasteiger partial charge in [-0.25, -0.2) is 13.6 Å². The molecule has 72 valence electrons. The first-order valence-electron chi connectivity index (χ1n) is 3.48. The molecule has 1 rings (SSSR count). The summed E-state index contributed by atoms with van der Waals surface area (Å²) in [6.07, 6.45) is -2.03. The molecule has 0 saturated heterocycles. The predicted molar refractivity (Wildman–Crippen MR) is 40.9 cm³/mol. The number of hydrogen-bond donors (Lipinski definition) is 1. The lowest BCUT2D eigenvalue weighted by Crippen LogP contribution is -2.08. The van der Waals surface area contributed by atoms with Gasteiger partial charge in [0, 0.05) is 6.20 Å². The summed E-state index contributed by atoms with van der Waals surface area (Å²) in [5, 5.41) is 17.1. The lowest BCUT2D eigenvalue weighted by Gasteiger charge is -2.04. The van der Waals surface area contributed by atoms with Crippen LogP contribution in [0.1, 0.15) is 28.0 Å². The maximum Gasteiger partial charge on any atom is 0.339 e. The third kappa shape index (κ3) is 1.66. The van der Waals surface area contributed by atoms with Gasteiger partial charge >= 0.3 is 5.97 Å². The van der Waals surface area contributed by atoms with Crippen LogP contribution >= 0.6 is 0 Å². The molecule has 14 heavy (non-hydrogen) atoms. The molecule has 1 aromatic heterocycles. The first-order chi connectivity index (χ1) is 6.57. The molecule has 1 aromatic rings. The molecule has 0 aliphatic carbocycles. The zero-order chi connectivity index (χ0) is 10.7. The highest BCUT2D eigenvalue weighted by molar-refractivity contribution is 5.91. The number of aromatic nitrogens is 1. The maximum absolute atomic E-state index is 12.3. The molecule has 1 N–H and O–H groups in total. The first kappa shape index (κ1) is 10.1. The fraction of sp³-hybridized carbons (Fsp3) is 0.125. The van der Waals surface area contributed by atoms with Gasteiger partial charge in [-0.1, -0.05) is 0 Å². The van der Waals surface area contributed by atoms with Gasteiger partial charge in [0.2, 0.25) is 0 Å². The largest absolute Gasteiger partial charge is 0.478 e. The highest BCUT2D eigenvalue weighted by Crippen LogP contribution is 2.22. The van der Waals surface area contributed by atoms with Crippen LogP contribution in [-0.2, 0) is 0 Å². The van der Waals surface area contributed by atoms with E-state index in [1.165, 1.54) is 6.07 Å². The third-order valence-electron chi connectivity index (χ3n) is 1.52. The fourth-order valence-corrected chi connectivity index (χ4v) is 0.961. The maximum atomic E-state index is 12.3. The second-order valence-electron chi connectivity index (χ2n) is 2.34. The number of nitrogens with zero attached hydrogens (tertiary/aromatic N) is 2. The molecule has 0 amide bonds. The van der Waals surface area contributed by atoms with E-state index in [9.17, 15) is 13.6 Å². The number of halogens is 2. The second-order valence-corrected chi connectivity index (χ2v) is 2.34. The Bertz CT molecular complexity index is 412. The standard InChI is InChI=1S/C8H4F2N2O2/c9-7(10)6-5(8(13)14)4(3-11)1-2-12-6/h1-2,7H,(H,13,14). The molecular formula is C8H4F2N2O2. The minimum absolute atomic E-state index is 0.317. The summed E-state index contributed by atoms with van der Waals surface area (Å²) >= 11 is 0. The molecule has 0 aliphatic rings. The lowest BCUT2D eigenvalue weighted by atomic mass is 10.1. The number of rotatable bonds is 2. The van der Waals surface area contributed by atoms with Crippen LogP contribution in [0.5, 0.6) is 0 Å². The average Bonchev–Trinajstić information content (AvgIpc) is 2.16. The van der Waals surface area contributed by atoms with E-state index in [0.29, 0.717) is 0 Å². The van der Waals surface area contributed by atoms with Crippen LogP contribution in [0.2, 0.25) is 0 Å². The highest BCUT2D eigenvalue weighted by Gasteiger charge is 2.22. The Hall–Kier alpha value is -2.03. The van der Waals surface area contributed by atoms with Crippen molar-refractivity contribution in [1.29, 1.82) is 5.26 Å². The average molecular weight is 198 g/mol. The van der Waals surface area contributed by atoms with Crippen molar-refractivity contribution in [3.05, 3.63) is 29.1 Å². The van der Waals surface area contributed by atoms with Crippen LogP contribution in [0.4, 0.5) is 8.78 Å². The zero-order valence-corrected chi connectivity index (χ0v) is 6.74. The van der Waals surface area contributed by atoms with Gasteiger partial charge in [0.1, 0.15) is 17.3 Å². The molecule has 0 saturated carbocycles. The van der Waals surface area contributed by atoms with Crippen molar-refractivity contribution in [2.75, 3.05) is 0 Å². The molecule has 6 heteroatoms. The van der Waals surface area contributed by atoms with Gasteiger partial charge < -0.3 is 5.11 Å². The fourth-order valence-electron chi connectivity index (χ4n) is 0.961. The molecule has 0 aromatic carbocycles. The molecular weight excluding hydrogens is 194 g/mol. The third-order valence-corrected chi connectivity index (χ3v) is 1.52. The number of hydrogen-bond acceptors (Lipinski definition) is 3. The van der Waals surface area contributed by atoms with Gasteiger partial charge in [-0.15, -0.1) is 0 Å². The number of alkyl halides is 2. The number of carboxylic acids is 1. The Morgan fingerprint density at radius 2 is 2.29 bits per heavy atom. The molecule has 4 nitrogen and oxygen atoms in total. The summed E-state index contributed by atoms with van der Waals surface area (Å²) < 4.78 is 24.5. The molecule has 0 aliphatic heterocycles. The predicted octanol–water partition coefficient (Wildman–Crippen LogP) is 1.59. The molecule has 1 heterocycles. The Morgan fingerprint density at radius 1 is 1.64 bits per heavy atom. The van der Waals surface area contributed by atoms with E-state index < -0.39 is 23.7 Å². The number of carboxylic acid groups (broad SMARTS) is 1. The van der Waals surface area contributed by atoms with Crippen LogP contribution in [0, 0.1) is 11.3 Å². The van der Waals surface area contributed by atoms with Crippen LogP contribution in [-0.4, -0.2) is 16.1 Å². The van der Waals surface area contributed by atoms with E-state index in [2.05, 4.69) is 4.98 Å². The van der Waals surface area contributed by atoms with Gasteiger partial charge in [-0.3, -0.25) is 4.98 Å². The van der Waals surface area contributed by atoms with Crippen LogP contribution in [0.3, 0.4) is 0 Å². The minimum Gasteiger partial charge on any atom is -0.478 e. The molecule has 0 unspecified atom stereocenters. The van der Waals surface area contributed by atoms with Gasteiger partial charge in [0.25, 0.3) is 6.43 Å². The van der Waals surface area contributed by atoms with E-state index in [0.717, 1.165) is 12.3 Å². The lowest BCUT2D eigenvalue weighted by molar-refractivity contribution is 0.0682. The quantitative estimate of drug-likeness (QED) is 0.782. The number of pyridine rings is 1. The van der Waals surface area contributed by atoms with Gasteiger partial charge in [0.15, 0.2) is 0 Å². The van der Waals surface area contributed by atoms with Crippen LogP contribution in [0.15, 0.2) is 12.3 Å². The second kappa shape index (κ2) is 3.79. The monoisotopic (exact) mass is 198 g/mol. The van der Waals surface area contributed by atoms with E-state index in [4.69, 9.17) is 10.4 Å². The molecule has 0 spiro atoms. The van der Waals surface area contributed by atoms with Gasteiger partial charge in [-0.2, -0.15) is 5.26 Å². The van der Waals surface area contributed by atoms with Crippen molar-refractivity contribution in [3.63, 3.8) is 0 Å². The van der Waals surface area contributed by atoms with Crippen molar-refractivity contribution in [3.8, 4) is 6.07 Å². The van der Waals surface area contributed by atoms with Crippen LogP contribution in [0.25, 0.3) is 0 Å². The summed E-state index contributed by atoms with van der Waals surface area (Å²) in [4.78, 5) is 13.8. The SMILES string of the molecule is N#Cc1ccnc(C(F)F)c1C(=O)O. The van der Waals surface area contributed by atoms with E-state index >= 15 is 0 Å². The van der Waals surface area contributed by atoms with Crippen LogP contribution < -0.4 is 0 Å². The molecule has 0 radical (unpaired) electrons. The summed E-state index contributed by atoms with van der Waals surface area (Å²) in [5.74, 6) is -1.58. The first-order valence-corrected chi connectivity index (χ1v) is 3.48. The van der Waals surface area contributed by atoms with E-state index in [1.54, 1.807) is 0 Å². The highest BCUT2D eigenvalue weighted by atomic mass is 19.3. The van der Waals surface area contributed by atoms with Crippen molar-refractivity contribution in [2.24, 2.45) is 0 Å².